The van der Waals surface area contributed by atoms with Crippen molar-refractivity contribution < 1.29 is 24.2 Å². The summed E-state index contributed by atoms with van der Waals surface area (Å²) in [5.74, 6) is -0.305. The zero-order valence-electron chi connectivity index (χ0n) is 11.4. The number of ether oxygens (including phenoxy) is 2. The minimum absolute atomic E-state index is 0.0367. The first kappa shape index (κ1) is 13.0. The Kier molecular flexibility index (Phi) is 2.92. The van der Waals surface area contributed by atoms with E-state index in [1.165, 1.54) is 6.92 Å². The number of ketones is 1. The number of hydrogen-bond acceptors (Lipinski definition) is 5. The third-order valence-electron chi connectivity index (χ3n) is 4.05. The predicted octanol–water partition coefficient (Wildman–Crippen LogP) is 1.88. The fraction of sp³-hybridized carbons (Fsp3) is 0.467. The summed E-state index contributed by atoms with van der Waals surface area (Å²) < 4.78 is 10.6. The maximum absolute atomic E-state index is 11.9. The maximum atomic E-state index is 11.9. The lowest BCUT2D eigenvalue weighted by molar-refractivity contribution is -0.145. The molecule has 0 aromatic heterocycles. The van der Waals surface area contributed by atoms with Crippen LogP contribution in [-0.4, -0.2) is 30.1 Å². The molecule has 3 atom stereocenters. The monoisotopic (exact) mass is 276 g/mol. The van der Waals surface area contributed by atoms with Gasteiger partial charge in [0.2, 0.25) is 0 Å². The number of rotatable bonds is 3. The van der Waals surface area contributed by atoms with Gasteiger partial charge in [-0.15, -0.1) is 0 Å². The van der Waals surface area contributed by atoms with E-state index in [4.69, 9.17) is 9.47 Å². The summed E-state index contributed by atoms with van der Waals surface area (Å²) in [5, 5.41) is 10.3. The van der Waals surface area contributed by atoms with E-state index in [2.05, 4.69) is 0 Å². The smallest absolute Gasteiger partial charge is 0.309 e. The van der Waals surface area contributed by atoms with Crippen molar-refractivity contribution in [3.05, 3.63) is 23.3 Å². The standard InChI is InChI=1S/C15H16O5/c1-3-19-15(18)12-9-6-20-10-5-4-8(7(2)16)14(17)13(10)11(9)12/h4-5,9,11-12,17H,3,6H2,1-2H3. The van der Waals surface area contributed by atoms with Crippen molar-refractivity contribution in [1.29, 1.82) is 0 Å². The van der Waals surface area contributed by atoms with Crippen LogP contribution in [-0.2, 0) is 9.53 Å². The van der Waals surface area contributed by atoms with Gasteiger partial charge in [-0.2, -0.15) is 0 Å². The topological polar surface area (TPSA) is 72.8 Å². The average Bonchev–Trinajstić information content (AvgIpc) is 3.13. The van der Waals surface area contributed by atoms with Crippen molar-refractivity contribution in [2.45, 2.75) is 19.8 Å². The van der Waals surface area contributed by atoms with Crippen LogP contribution in [0.1, 0.15) is 35.7 Å². The van der Waals surface area contributed by atoms with Crippen molar-refractivity contribution in [3.8, 4) is 11.5 Å². The molecule has 3 unspecified atom stereocenters. The molecule has 0 amide bonds. The van der Waals surface area contributed by atoms with Gasteiger partial charge in [-0.3, -0.25) is 9.59 Å². The number of phenols is 1. The number of hydrogen-bond donors (Lipinski definition) is 1. The van der Waals surface area contributed by atoms with Crippen LogP contribution in [0.5, 0.6) is 11.5 Å². The summed E-state index contributed by atoms with van der Waals surface area (Å²) in [4.78, 5) is 23.4. The second-order valence-corrected chi connectivity index (χ2v) is 5.21. The number of esters is 1. The Morgan fingerprint density at radius 3 is 2.85 bits per heavy atom. The van der Waals surface area contributed by atoms with Crippen LogP contribution < -0.4 is 4.74 Å². The first-order valence-corrected chi connectivity index (χ1v) is 6.72. The second kappa shape index (κ2) is 4.51. The first-order valence-electron chi connectivity index (χ1n) is 6.72. The number of phenolic OH excluding ortho intramolecular Hbond substituents is 1. The van der Waals surface area contributed by atoms with Gasteiger partial charge in [0.1, 0.15) is 11.5 Å². The highest BCUT2D eigenvalue weighted by atomic mass is 16.5. The normalized spacial score (nSPS) is 26.0. The zero-order chi connectivity index (χ0) is 14.4. The molecule has 1 saturated carbocycles. The Morgan fingerprint density at radius 2 is 2.20 bits per heavy atom. The first-order chi connectivity index (χ1) is 9.56. The van der Waals surface area contributed by atoms with E-state index in [0.29, 0.717) is 24.5 Å². The van der Waals surface area contributed by atoms with Gasteiger partial charge in [-0.05, 0) is 26.0 Å². The van der Waals surface area contributed by atoms with E-state index in [1.54, 1.807) is 19.1 Å². The van der Waals surface area contributed by atoms with Crippen LogP contribution in [0.15, 0.2) is 12.1 Å². The minimum atomic E-state index is -0.274. The van der Waals surface area contributed by atoms with Gasteiger partial charge >= 0.3 is 5.97 Å². The fourth-order valence-electron chi connectivity index (χ4n) is 3.04. The van der Waals surface area contributed by atoms with Crippen molar-refractivity contribution >= 4 is 11.8 Å². The lowest BCUT2D eigenvalue weighted by atomic mass is 9.98. The van der Waals surface area contributed by atoms with E-state index < -0.39 is 0 Å². The molecule has 2 aliphatic rings. The van der Waals surface area contributed by atoms with Gasteiger partial charge in [-0.25, -0.2) is 0 Å². The van der Waals surface area contributed by atoms with Gasteiger partial charge in [0, 0.05) is 17.4 Å². The highest BCUT2D eigenvalue weighted by Gasteiger charge is 2.60. The Morgan fingerprint density at radius 1 is 1.45 bits per heavy atom. The maximum Gasteiger partial charge on any atom is 0.309 e. The zero-order valence-corrected chi connectivity index (χ0v) is 11.4. The highest BCUT2D eigenvalue weighted by molar-refractivity contribution is 5.98. The number of carbonyl (C=O) groups excluding carboxylic acids is 2. The van der Waals surface area contributed by atoms with Gasteiger partial charge in [0.15, 0.2) is 5.78 Å². The molecule has 5 nitrogen and oxygen atoms in total. The molecule has 1 aliphatic carbocycles. The molecule has 1 fully saturated rings. The van der Waals surface area contributed by atoms with Crippen LogP contribution in [0.25, 0.3) is 0 Å². The Balaban J connectivity index is 1.98. The number of Topliss-reactive ketones (excluding diaryl/α,β-unsaturated/α-hetero) is 1. The van der Waals surface area contributed by atoms with Gasteiger partial charge < -0.3 is 14.6 Å². The van der Waals surface area contributed by atoms with Crippen LogP contribution in [0, 0.1) is 11.8 Å². The molecule has 0 saturated heterocycles. The molecule has 1 aliphatic heterocycles. The Labute approximate surface area is 116 Å². The number of fused-ring (bicyclic) bond motifs is 3. The number of benzene rings is 1. The molecule has 1 N–H and O–H groups in total. The summed E-state index contributed by atoms with van der Waals surface area (Å²) in [5.41, 5.74) is 0.842. The Bertz CT molecular complexity index is 592. The van der Waals surface area contributed by atoms with Crippen LogP contribution in [0.3, 0.4) is 0 Å². The third kappa shape index (κ3) is 1.77. The summed E-state index contributed by atoms with van der Waals surface area (Å²) in [6, 6.07) is 3.24. The summed E-state index contributed by atoms with van der Waals surface area (Å²) >= 11 is 0. The van der Waals surface area contributed by atoms with Gasteiger partial charge in [0.05, 0.1) is 24.7 Å². The van der Waals surface area contributed by atoms with E-state index in [9.17, 15) is 14.7 Å². The molecule has 1 aromatic carbocycles. The summed E-state index contributed by atoms with van der Waals surface area (Å²) in [6.07, 6.45) is 0. The minimum Gasteiger partial charge on any atom is -0.507 e. The average molecular weight is 276 g/mol. The number of aromatic hydroxyl groups is 1. The molecule has 0 bridgehead atoms. The Hall–Kier alpha value is -2.04. The second-order valence-electron chi connectivity index (χ2n) is 5.21. The quantitative estimate of drug-likeness (QED) is 0.674. The predicted molar refractivity (Wildman–Crippen MR) is 70.0 cm³/mol. The molecule has 3 rings (SSSR count). The van der Waals surface area contributed by atoms with E-state index >= 15 is 0 Å². The van der Waals surface area contributed by atoms with Crippen molar-refractivity contribution in [2.75, 3.05) is 13.2 Å². The van der Waals surface area contributed by atoms with E-state index in [0.717, 1.165) is 0 Å². The molecule has 0 radical (unpaired) electrons. The molecule has 20 heavy (non-hydrogen) atoms. The van der Waals surface area contributed by atoms with E-state index in [1.807, 2.05) is 0 Å². The lowest BCUT2D eigenvalue weighted by Crippen LogP contribution is -2.11. The van der Waals surface area contributed by atoms with E-state index in [-0.39, 0.29) is 40.8 Å². The molecule has 1 aromatic rings. The fourth-order valence-corrected chi connectivity index (χ4v) is 3.04. The molecule has 5 heteroatoms. The summed E-state index contributed by atoms with van der Waals surface area (Å²) in [6.45, 7) is 3.94. The number of carbonyl (C=O) groups is 2. The summed E-state index contributed by atoms with van der Waals surface area (Å²) in [7, 11) is 0. The lowest BCUT2D eigenvalue weighted by Gasteiger charge is -2.18. The molecular weight excluding hydrogens is 260 g/mol. The molecule has 106 valence electrons. The van der Waals surface area contributed by atoms with Crippen molar-refractivity contribution in [3.63, 3.8) is 0 Å². The SMILES string of the molecule is CCOC(=O)C1C2COc3ccc(C(C)=O)c(O)c3C21. The highest BCUT2D eigenvalue weighted by Crippen LogP contribution is 2.62. The van der Waals surface area contributed by atoms with Crippen molar-refractivity contribution in [2.24, 2.45) is 11.8 Å². The van der Waals surface area contributed by atoms with Crippen LogP contribution >= 0.6 is 0 Å². The van der Waals surface area contributed by atoms with Gasteiger partial charge in [-0.1, -0.05) is 0 Å². The van der Waals surface area contributed by atoms with Crippen molar-refractivity contribution in [1.82, 2.24) is 0 Å². The van der Waals surface area contributed by atoms with Gasteiger partial charge in [0.25, 0.3) is 0 Å². The largest absolute Gasteiger partial charge is 0.507 e. The third-order valence-corrected chi connectivity index (χ3v) is 4.05. The van der Waals surface area contributed by atoms with Crippen LogP contribution in [0.2, 0.25) is 0 Å². The molecular formula is C15H16O5. The molecule has 1 heterocycles. The molecule has 0 spiro atoms. The van der Waals surface area contributed by atoms with Crippen LogP contribution in [0.4, 0.5) is 0 Å².